The van der Waals surface area contributed by atoms with E-state index in [1.807, 2.05) is 0 Å². The van der Waals surface area contributed by atoms with Crippen molar-refractivity contribution in [3.63, 3.8) is 0 Å². The molecule has 100 valence electrons. The van der Waals surface area contributed by atoms with Crippen LogP contribution in [0.15, 0.2) is 23.3 Å². The van der Waals surface area contributed by atoms with E-state index in [4.69, 9.17) is 5.11 Å². The number of aliphatic hydroxyl groups is 1. The first-order valence-corrected chi connectivity index (χ1v) is 6.64. The number of rotatable bonds is 2. The van der Waals surface area contributed by atoms with Crippen LogP contribution in [0.4, 0.5) is 0 Å². The van der Waals surface area contributed by atoms with Gasteiger partial charge < -0.3 is 10.2 Å². The highest BCUT2D eigenvalue weighted by atomic mass is 16.4. The van der Waals surface area contributed by atoms with E-state index in [-0.39, 0.29) is 16.9 Å². The number of fused-ring (bicyclic) bond motifs is 1. The molecule has 2 rings (SSSR count). The predicted octanol–water partition coefficient (Wildman–Crippen LogP) is 2.90. The van der Waals surface area contributed by atoms with Gasteiger partial charge in [-0.3, -0.25) is 0 Å². The number of hydrogen-bond donors (Lipinski definition) is 2. The summed E-state index contributed by atoms with van der Waals surface area (Å²) < 4.78 is 0. The zero-order chi connectivity index (χ0) is 13.5. The van der Waals surface area contributed by atoms with E-state index >= 15 is 0 Å². The van der Waals surface area contributed by atoms with Crippen LogP contribution in [0.5, 0.6) is 0 Å². The van der Waals surface area contributed by atoms with Crippen LogP contribution in [0.3, 0.4) is 0 Å². The van der Waals surface area contributed by atoms with Crippen LogP contribution in [0.2, 0.25) is 0 Å². The lowest BCUT2D eigenvalue weighted by Crippen LogP contribution is -2.40. The van der Waals surface area contributed by atoms with Gasteiger partial charge >= 0.3 is 5.97 Å². The highest BCUT2D eigenvalue weighted by molar-refractivity contribution is 5.86. The van der Waals surface area contributed by atoms with Crippen molar-refractivity contribution < 1.29 is 15.0 Å². The third-order valence-corrected chi connectivity index (χ3v) is 4.79. The summed E-state index contributed by atoms with van der Waals surface area (Å²) in [6.45, 7) is 7.98. The Kier molecular flexibility index (Phi) is 3.37. The SMILES string of the molecule is C=C(C(=O)O)[C@@H]1CC2=C(C)CCC[C@]2(C)C[C@@H]1O. The van der Waals surface area contributed by atoms with Gasteiger partial charge in [0.05, 0.1) is 6.10 Å². The third-order valence-electron chi connectivity index (χ3n) is 4.79. The van der Waals surface area contributed by atoms with Crippen LogP contribution in [0, 0.1) is 11.3 Å². The Bertz CT molecular complexity index is 421. The highest BCUT2D eigenvalue weighted by Crippen LogP contribution is 2.52. The van der Waals surface area contributed by atoms with Crippen molar-refractivity contribution in [3.8, 4) is 0 Å². The second kappa shape index (κ2) is 4.54. The zero-order valence-corrected chi connectivity index (χ0v) is 11.2. The average Bonchev–Trinajstić information content (AvgIpc) is 2.26. The molecule has 1 saturated carbocycles. The third kappa shape index (κ3) is 2.12. The van der Waals surface area contributed by atoms with Gasteiger partial charge in [0.15, 0.2) is 0 Å². The average molecular weight is 250 g/mol. The Balaban J connectivity index is 2.31. The van der Waals surface area contributed by atoms with Crippen molar-refractivity contribution >= 4 is 5.97 Å². The number of allylic oxidation sites excluding steroid dienone is 2. The second-order valence-corrected chi connectivity index (χ2v) is 6.09. The summed E-state index contributed by atoms with van der Waals surface area (Å²) in [6.07, 6.45) is 4.12. The Morgan fingerprint density at radius 2 is 2.17 bits per heavy atom. The van der Waals surface area contributed by atoms with Crippen molar-refractivity contribution in [1.82, 2.24) is 0 Å². The lowest BCUT2D eigenvalue weighted by atomic mass is 9.60. The predicted molar refractivity (Wildman–Crippen MR) is 70.2 cm³/mol. The van der Waals surface area contributed by atoms with Crippen molar-refractivity contribution in [3.05, 3.63) is 23.3 Å². The summed E-state index contributed by atoms with van der Waals surface area (Å²) in [6, 6.07) is 0. The number of hydrogen-bond acceptors (Lipinski definition) is 2. The largest absolute Gasteiger partial charge is 0.478 e. The smallest absolute Gasteiger partial charge is 0.331 e. The van der Waals surface area contributed by atoms with Gasteiger partial charge in [-0.25, -0.2) is 4.79 Å². The molecule has 1 fully saturated rings. The molecule has 3 heteroatoms. The van der Waals surface area contributed by atoms with Crippen LogP contribution >= 0.6 is 0 Å². The minimum Gasteiger partial charge on any atom is -0.478 e. The molecule has 0 amide bonds. The summed E-state index contributed by atoms with van der Waals surface area (Å²) in [5.41, 5.74) is 2.97. The molecule has 0 unspecified atom stereocenters. The number of carbonyl (C=O) groups is 1. The van der Waals surface area contributed by atoms with E-state index in [1.165, 1.54) is 17.6 Å². The standard InChI is InChI=1S/C15H22O3/c1-9-5-4-6-15(3)8-13(16)11(7-12(9)15)10(2)14(17)18/h11,13,16H,2,4-8H2,1,3H3,(H,17,18)/t11-,13-,15+/m0/s1. The molecule has 0 heterocycles. The first-order chi connectivity index (χ1) is 8.35. The Hall–Kier alpha value is -1.09. The highest BCUT2D eigenvalue weighted by Gasteiger charge is 2.44. The molecule has 0 aromatic carbocycles. The van der Waals surface area contributed by atoms with Crippen LogP contribution in [-0.4, -0.2) is 22.3 Å². The van der Waals surface area contributed by atoms with E-state index in [1.54, 1.807) is 0 Å². The maximum atomic E-state index is 11.0. The number of carboxylic acids is 1. The Morgan fingerprint density at radius 1 is 1.50 bits per heavy atom. The van der Waals surface area contributed by atoms with Gasteiger partial charge in [0.25, 0.3) is 0 Å². The molecule has 2 aliphatic carbocycles. The molecular weight excluding hydrogens is 228 g/mol. The van der Waals surface area contributed by atoms with Gasteiger partial charge in [0, 0.05) is 11.5 Å². The molecule has 0 spiro atoms. The van der Waals surface area contributed by atoms with E-state index in [2.05, 4.69) is 20.4 Å². The maximum absolute atomic E-state index is 11.0. The first-order valence-electron chi connectivity index (χ1n) is 6.64. The summed E-state index contributed by atoms with van der Waals surface area (Å²) in [5, 5.41) is 19.3. The molecule has 3 nitrogen and oxygen atoms in total. The maximum Gasteiger partial charge on any atom is 0.331 e. The van der Waals surface area contributed by atoms with Crippen molar-refractivity contribution in [2.75, 3.05) is 0 Å². The van der Waals surface area contributed by atoms with Gasteiger partial charge in [0.2, 0.25) is 0 Å². The van der Waals surface area contributed by atoms with Gasteiger partial charge in [-0.15, -0.1) is 0 Å². The number of aliphatic carboxylic acids is 1. The summed E-state index contributed by atoms with van der Waals surface area (Å²) in [7, 11) is 0. The number of carboxylic acid groups (broad SMARTS) is 1. The van der Waals surface area contributed by atoms with Crippen molar-refractivity contribution in [1.29, 1.82) is 0 Å². The molecule has 0 bridgehead atoms. The molecule has 3 atom stereocenters. The lowest BCUT2D eigenvalue weighted by molar-refractivity contribution is -0.134. The summed E-state index contributed by atoms with van der Waals surface area (Å²) >= 11 is 0. The van der Waals surface area contributed by atoms with Gasteiger partial charge in [0.1, 0.15) is 0 Å². The molecule has 0 saturated heterocycles. The minimum absolute atomic E-state index is 0.0665. The van der Waals surface area contributed by atoms with E-state index in [0.717, 1.165) is 12.8 Å². The molecule has 0 aromatic rings. The Labute approximate surface area is 108 Å². The fraction of sp³-hybridized carbons (Fsp3) is 0.667. The number of aliphatic hydroxyl groups excluding tert-OH is 1. The molecular formula is C15H22O3. The lowest BCUT2D eigenvalue weighted by Gasteiger charge is -2.46. The molecule has 2 N–H and O–H groups in total. The van der Waals surface area contributed by atoms with Gasteiger partial charge in [-0.05, 0) is 44.4 Å². The van der Waals surface area contributed by atoms with Crippen LogP contribution in [-0.2, 0) is 4.79 Å². The van der Waals surface area contributed by atoms with Crippen molar-refractivity contribution in [2.24, 2.45) is 11.3 Å². The zero-order valence-electron chi connectivity index (χ0n) is 11.2. The minimum atomic E-state index is -0.989. The second-order valence-electron chi connectivity index (χ2n) is 6.09. The van der Waals surface area contributed by atoms with Gasteiger partial charge in [-0.2, -0.15) is 0 Å². The summed E-state index contributed by atoms with van der Waals surface area (Å²) in [5.74, 6) is -1.31. The van der Waals surface area contributed by atoms with Crippen LogP contribution in [0.25, 0.3) is 0 Å². The molecule has 0 radical (unpaired) electrons. The van der Waals surface area contributed by atoms with Crippen LogP contribution in [0.1, 0.15) is 46.0 Å². The fourth-order valence-corrected chi connectivity index (χ4v) is 3.68. The monoisotopic (exact) mass is 250 g/mol. The van der Waals surface area contributed by atoms with E-state index < -0.39 is 12.1 Å². The molecule has 2 aliphatic rings. The fourth-order valence-electron chi connectivity index (χ4n) is 3.68. The molecule has 0 aliphatic heterocycles. The quantitative estimate of drug-likeness (QED) is 0.585. The van der Waals surface area contributed by atoms with Gasteiger partial charge in [-0.1, -0.05) is 24.6 Å². The summed E-state index contributed by atoms with van der Waals surface area (Å²) in [4.78, 5) is 11.0. The van der Waals surface area contributed by atoms with E-state index in [9.17, 15) is 9.90 Å². The van der Waals surface area contributed by atoms with Crippen molar-refractivity contribution in [2.45, 2.75) is 52.1 Å². The van der Waals surface area contributed by atoms with Crippen LogP contribution < -0.4 is 0 Å². The van der Waals surface area contributed by atoms with E-state index in [0.29, 0.717) is 12.8 Å². The normalized spacial score (nSPS) is 36.2. The topological polar surface area (TPSA) is 57.5 Å². The first kappa shape index (κ1) is 13.3. The Morgan fingerprint density at radius 3 is 2.78 bits per heavy atom. The molecule has 0 aromatic heterocycles. The molecule has 18 heavy (non-hydrogen) atoms.